The SMILES string of the molecule is CCOc1ccc(C(NC)C2(C)CCCO2)c(Br)c1. The molecule has 1 saturated heterocycles. The van der Waals surface area contributed by atoms with Gasteiger partial charge < -0.3 is 14.8 Å². The monoisotopic (exact) mass is 327 g/mol. The summed E-state index contributed by atoms with van der Waals surface area (Å²) in [6.07, 6.45) is 2.21. The lowest BCUT2D eigenvalue weighted by Gasteiger charge is -2.34. The molecule has 4 heteroatoms. The van der Waals surface area contributed by atoms with E-state index >= 15 is 0 Å². The van der Waals surface area contributed by atoms with E-state index in [9.17, 15) is 0 Å². The van der Waals surface area contributed by atoms with Gasteiger partial charge in [0.2, 0.25) is 0 Å². The van der Waals surface area contributed by atoms with Crippen LogP contribution in [-0.4, -0.2) is 25.9 Å². The van der Waals surface area contributed by atoms with E-state index in [2.05, 4.69) is 34.2 Å². The number of ether oxygens (including phenoxy) is 2. The van der Waals surface area contributed by atoms with Gasteiger partial charge in [0.25, 0.3) is 0 Å². The van der Waals surface area contributed by atoms with Crippen LogP contribution in [-0.2, 0) is 4.74 Å². The Morgan fingerprint density at radius 3 is 2.84 bits per heavy atom. The number of benzene rings is 1. The Hall–Kier alpha value is -0.580. The van der Waals surface area contributed by atoms with Gasteiger partial charge in [-0.25, -0.2) is 0 Å². The lowest BCUT2D eigenvalue weighted by molar-refractivity contribution is -0.0106. The number of halogens is 1. The van der Waals surface area contributed by atoms with E-state index in [0.717, 1.165) is 29.7 Å². The minimum absolute atomic E-state index is 0.135. The van der Waals surface area contributed by atoms with Crippen molar-refractivity contribution in [1.82, 2.24) is 5.32 Å². The van der Waals surface area contributed by atoms with Gasteiger partial charge in [-0.2, -0.15) is 0 Å². The summed E-state index contributed by atoms with van der Waals surface area (Å²) in [4.78, 5) is 0. The molecule has 1 N–H and O–H groups in total. The third-order valence-electron chi connectivity index (χ3n) is 3.74. The van der Waals surface area contributed by atoms with Gasteiger partial charge in [-0.1, -0.05) is 22.0 Å². The summed E-state index contributed by atoms with van der Waals surface area (Å²) in [7, 11) is 1.99. The van der Waals surface area contributed by atoms with E-state index in [1.165, 1.54) is 5.56 Å². The van der Waals surface area contributed by atoms with Crippen LogP contribution in [0.1, 0.15) is 38.3 Å². The van der Waals surface area contributed by atoms with Crippen molar-refractivity contribution in [1.29, 1.82) is 0 Å². The number of likely N-dealkylation sites (N-methyl/N-ethyl adjacent to an activating group) is 1. The van der Waals surface area contributed by atoms with Crippen molar-refractivity contribution in [2.45, 2.75) is 38.3 Å². The Balaban J connectivity index is 2.28. The molecule has 2 atom stereocenters. The van der Waals surface area contributed by atoms with Crippen molar-refractivity contribution >= 4 is 15.9 Å². The summed E-state index contributed by atoms with van der Waals surface area (Å²) in [5.74, 6) is 0.894. The highest BCUT2D eigenvalue weighted by Crippen LogP contribution is 2.40. The molecule has 1 heterocycles. The van der Waals surface area contributed by atoms with Crippen molar-refractivity contribution in [3.8, 4) is 5.75 Å². The van der Waals surface area contributed by atoms with Gasteiger partial charge in [0, 0.05) is 11.1 Å². The number of rotatable bonds is 5. The van der Waals surface area contributed by atoms with E-state index in [-0.39, 0.29) is 11.6 Å². The molecule has 0 aliphatic carbocycles. The molecule has 106 valence electrons. The van der Waals surface area contributed by atoms with Gasteiger partial charge in [-0.15, -0.1) is 0 Å². The van der Waals surface area contributed by atoms with Crippen molar-refractivity contribution in [3.05, 3.63) is 28.2 Å². The Labute approximate surface area is 123 Å². The van der Waals surface area contributed by atoms with Crippen LogP contribution in [0.15, 0.2) is 22.7 Å². The first-order chi connectivity index (χ1) is 9.10. The third-order valence-corrected chi connectivity index (χ3v) is 4.43. The van der Waals surface area contributed by atoms with E-state index < -0.39 is 0 Å². The number of hydrogen-bond acceptors (Lipinski definition) is 3. The summed E-state index contributed by atoms with van der Waals surface area (Å²) in [6.45, 7) is 5.71. The fourth-order valence-corrected chi connectivity index (χ4v) is 3.40. The molecule has 2 rings (SSSR count). The van der Waals surface area contributed by atoms with Crippen LogP contribution in [0.25, 0.3) is 0 Å². The average Bonchev–Trinajstić information content (AvgIpc) is 2.81. The first-order valence-corrected chi connectivity index (χ1v) is 7.63. The summed E-state index contributed by atoms with van der Waals surface area (Å²) in [5, 5.41) is 3.40. The molecule has 1 aromatic rings. The summed E-state index contributed by atoms with van der Waals surface area (Å²) < 4.78 is 12.6. The Morgan fingerprint density at radius 2 is 2.32 bits per heavy atom. The first-order valence-electron chi connectivity index (χ1n) is 6.84. The zero-order valence-corrected chi connectivity index (χ0v) is 13.4. The zero-order valence-electron chi connectivity index (χ0n) is 11.8. The van der Waals surface area contributed by atoms with Crippen molar-refractivity contribution < 1.29 is 9.47 Å². The second-order valence-electron chi connectivity index (χ2n) is 5.10. The topological polar surface area (TPSA) is 30.5 Å². The van der Waals surface area contributed by atoms with Gasteiger partial charge in [0.05, 0.1) is 18.2 Å². The summed E-state index contributed by atoms with van der Waals surface area (Å²) in [6, 6.07) is 6.34. The normalized spacial score (nSPS) is 24.4. The quantitative estimate of drug-likeness (QED) is 0.894. The molecule has 0 aromatic heterocycles. The maximum Gasteiger partial charge on any atom is 0.120 e. The maximum absolute atomic E-state index is 5.97. The standard InChI is InChI=1S/C15H22BrNO2/c1-4-18-11-6-7-12(13(16)10-11)14(17-3)15(2)8-5-9-19-15/h6-7,10,14,17H,4-5,8-9H2,1-3H3. The van der Waals surface area contributed by atoms with E-state index in [1.807, 2.05) is 26.1 Å². The van der Waals surface area contributed by atoms with Crippen molar-refractivity contribution in [2.75, 3.05) is 20.3 Å². The molecule has 0 saturated carbocycles. The van der Waals surface area contributed by atoms with E-state index in [4.69, 9.17) is 9.47 Å². The first kappa shape index (κ1) is 14.8. The van der Waals surface area contributed by atoms with Crippen LogP contribution < -0.4 is 10.1 Å². The molecule has 0 amide bonds. The van der Waals surface area contributed by atoms with Crippen LogP contribution in [0.3, 0.4) is 0 Å². The molecule has 19 heavy (non-hydrogen) atoms. The van der Waals surface area contributed by atoms with Crippen LogP contribution in [0, 0.1) is 0 Å². The second kappa shape index (κ2) is 6.25. The summed E-state index contributed by atoms with van der Waals surface area (Å²) >= 11 is 3.65. The lowest BCUT2D eigenvalue weighted by atomic mass is 9.88. The lowest BCUT2D eigenvalue weighted by Crippen LogP contribution is -2.39. The molecular weight excluding hydrogens is 306 g/mol. The fourth-order valence-electron chi connectivity index (χ4n) is 2.82. The minimum atomic E-state index is -0.135. The number of hydrogen-bond donors (Lipinski definition) is 1. The Kier molecular flexibility index (Phi) is 4.87. The predicted molar refractivity (Wildman–Crippen MR) is 80.7 cm³/mol. The summed E-state index contributed by atoms with van der Waals surface area (Å²) in [5.41, 5.74) is 1.08. The second-order valence-corrected chi connectivity index (χ2v) is 5.96. The molecule has 1 aromatic carbocycles. The molecule has 2 unspecified atom stereocenters. The average molecular weight is 328 g/mol. The fraction of sp³-hybridized carbons (Fsp3) is 0.600. The van der Waals surface area contributed by atoms with Crippen LogP contribution in [0.4, 0.5) is 0 Å². The highest BCUT2D eigenvalue weighted by atomic mass is 79.9. The highest BCUT2D eigenvalue weighted by molar-refractivity contribution is 9.10. The highest BCUT2D eigenvalue weighted by Gasteiger charge is 2.39. The smallest absolute Gasteiger partial charge is 0.120 e. The van der Waals surface area contributed by atoms with Crippen LogP contribution >= 0.6 is 15.9 Å². The largest absolute Gasteiger partial charge is 0.494 e. The van der Waals surface area contributed by atoms with Crippen molar-refractivity contribution in [3.63, 3.8) is 0 Å². The molecule has 3 nitrogen and oxygen atoms in total. The molecular formula is C15H22BrNO2. The zero-order chi connectivity index (χ0) is 13.9. The molecule has 1 fully saturated rings. The Morgan fingerprint density at radius 1 is 1.53 bits per heavy atom. The molecule has 1 aliphatic rings. The van der Waals surface area contributed by atoms with Crippen LogP contribution in [0.5, 0.6) is 5.75 Å². The molecule has 0 spiro atoms. The molecule has 1 aliphatic heterocycles. The predicted octanol–water partition coefficient (Wildman–Crippen LogP) is 3.68. The van der Waals surface area contributed by atoms with Gasteiger partial charge >= 0.3 is 0 Å². The third kappa shape index (κ3) is 3.12. The van der Waals surface area contributed by atoms with Crippen molar-refractivity contribution in [2.24, 2.45) is 0 Å². The minimum Gasteiger partial charge on any atom is -0.494 e. The van der Waals surface area contributed by atoms with Gasteiger partial charge in [0.1, 0.15) is 5.75 Å². The van der Waals surface area contributed by atoms with E-state index in [1.54, 1.807) is 0 Å². The van der Waals surface area contributed by atoms with Gasteiger partial charge in [-0.05, 0) is 51.4 Å². The van der Waals surface area contributed by atoms with Crippen LogP contribution in [0.2, 0.25) is 0 Å². The maximum atomic E-state index is 5.97. The Bertz CT molecular complexity index is 430. The molecule has 0 radical (unpaired) electrons. The number of nitrogens with one attached hydrogen (secondary N) is 1. The van der Waals surface area contributed by atoms with E-state index in [0.29, 0.717) is 6.61 Å². The molecule has 0 bridgehead atoms. The van der Waals surface area contributed by atoms with Gasteiger partial charge in [-0.3, -0.25) is 0 Å². The van der Waals surface area contributed by atoms with Gasteiger partial charge in [0.15, 0.2) is 0 Å².